The number of carbonyl (C=O) groups is 1. The Labute approximate surface area is 224 Å². The average Bonchev–Trinajstić information content (AvgIpc) is 3.37. The summed E-state index contributed by atoms with van der Waals surface area (Å²) in [6.07, 6.45) is 2.06. The van der Waals surface area contributed by atoms with Crippen molar-refractivity contribution in [2.24, 2.45) is 13.0 Å². The Morgan fingerprint density at radius 1 is 1.11 bits per heavy atom. The van der Waals surface area contributed by atoms with Gasteiger partial charge in [-0.3, -0.25) is 9.78 Å². The van der Waals surface area contributed by atoms with Crippen LogP contribution in [-0.2, 0) is 23.1 Å². The van der Waals surface area contributed by atoms with E-state index in [2.05, 4.69) is 32.7 Å². The highest BCUT2D eigenvalue weighted by atomic mass is 32.2. The summed E-state index contributed by atoms with van der Waals surface area (Å²) in [5.74, 6) is 0.397. The topological polar surface area (TPSA) is 124 Å². The lowest BCUT2D eigenvalue weighted by Crippen LogP contribution is -2.38. The third kappa shape index (κ3) is 5.91. The van der Waals surface area contributed by atoms with Gasteiger partial charge in [0, 0.05) is 42.4 Å². The van der Waals surface area contributed by atoms with E-state index in [1.807, 2.05) is 48.5 Å². The number of aliphatic hydroxyl groups excluding tert-OH is 1. The standard InChI is InChI=1S/C27H28N6O4S/c1-17-23(16-38-27-30-31-32-33(27)2)36-26(37-24(17)19-10-8-18(15-34)9-11-19)20-5-3-7-22(13-20)29-25(35)21-6-4-12-28-14-21/h3-14,17,23-24,26,34H,15-16H2,1-2H3,(H,29,35)/t17-,23+,24+,26+/m1/s1. The van der Waals surface area contributed by atoms with Crippen molar-refractivity contribution in [2.45, 2.75) is 37.2 Å². The number of carbonyl (C=O) groups excluding carboxylic acids is 1. The molecule has 1 saturated heterocycles. The fourth-order valence-electron chi connectivity index (χ4n) is 4.27. The number of hydrogen-bond donors (Lipinski definition) is 2. The average molecular weight is 533 g/mol. The highest BCUT2D eigenvalue weighted by molar-refractivity contribution is 7.99. The molecular formula is C27H28N6O4S. The molecule has 196 valence electrons. The van der Waals surface area contributed by atoms with E-state index < -0.39 is 6.29 Å². The molecule has 4 aromatic rings. The molecule has 0 unspecified atom stereocenters. The highest BCUT2D eigenvalue weighted by Crippen LogP contribution is 2.43. The largest absolute Gasteiger partial charge is 0.392 e. The zero-order chi connectivity index (χ0) is 26.5. The molecule has 1 aliphatic heterocycles. The zero-order valence-corrected chi connectivity index (χ0v) is 21.8. The van der Waals surface area contributed by atoms with Crippen LogP contribution in [0.15, 0.2) is 78.2 Å². The summed E-state index contributed by atoms with van der Waals surface area (Å²) in [7, 11) is 1.80. The van der Waals surface area contributed by atoms with Crippen molar-refractivity contribution in [3.63, 3.8) is 0 Å². The number of ether oxygens (including phenoxy) is 2. The van der Waals surface area contributed by atoms with Crippen molar-refractivity contribution in [1.29, 1.82) is 0 Å². The normalized spacial score (nSPS) is 21.2. The lowest BCUT2D eigenvalue weighted by Gasteiger charge is -2.41. The van der Waals surface area contributed by atoms with Crippen molar-refractivity contribution in [3.05, 3.63) is 95.3 Å². The lowest BCUT2D eigenvalue weighted by atomic mass is 9.91. The van der Waals surface area contributed by atoms with Crippen LogP contribution >= 0.6 is 11.8 Å². The molecule has 1 aliphatic rings. The molecule has 0 spiro atoms. The third-order valence-electron chi connectivity index (χ3n) is 6.42. The van der Waals surface area contributed by atoms with Gasteiger partial charge in [0.15, 0.2) is 6.29 Å². The van der Waals surface area contributed by atoms with Crippen LogP contribution in [0.4, 0.5) is 5.69 Å². The highest BCUT2D eigenvalue weighted by Gasteiger charge is 2.38. The Hall–Kier alpha value is -3.64. The van der Waals surface area contributed by atoms with Crippen LogP contribution in [0.1, 0.15) is 46.4 Å². The molecule has 0 radical (unpaired) electrons. The predicted octanol–water partition coefficient (Wildman–Crippen LogP) is 3.93. The summed E-state index contributed by atoms with van der Waals surface area (Å²) < 4.78 is 14.6. The number of nitrogens with one attached hydrogen (secondary N) is 1. The van der Waals surface area contributed by atoms with Gasteiger partial charge in [-0.25, -0.2) is 4.68 Å². The second-order valence-electron chi connectivity index (χ2n) is 9.04. The number of rotatable bonds is 8. The first kappa shape index (κ1) is 26.0. The number of benzene rings is 2. The number of aliphatic hydroxyl groups is 1. The number of nitrogens with zero attached hydrogens (tertiary/aromatic N) is 5. The van der Waals surface area contributed by atoms with E-state index in [0.29, 0.717) is 22.2 Å². The van der Waals surface area contributed by atoms with Crippen molar-refractivity contribution < 1.29 is 19.4 Å². The molecule has 3 heterocycles. The van der Waals surface area contributed by atoms with Crippen LogP contribution in [0.25, 0.3) is 0 Å². The summed E-state index contributed by atoms with van der Waals surface area (Å²) in [6.45, 7) is 2.08. The third-order valence-corrected chi connectivity index (χ3v) is 7.52. The minimum Gasteiger partial charge on any atom is -0.392 e. The molecule has 4 atom stereocenters. The van der Waals surface area contributed by atoms with E-state index >= 15 is 0 Å². The molecule has 2 aromatic heterocycles. The summed E-state index contributed by atoms with van der Waals surface area (Å²) >= 11 is 1.52. The molecule has 11 heteroatoms. The second-order valence-corrected chi connectivity index (χ2v) is 10.0. The lowest BCUT2D eigenvalue weighted by molar-refractivity contribution is -0.268. The Bertz CT molecular complexity index is 1370. The van der Waals surface area contributed by atoms with Gasteiger partial charge in [0.2, 0.25) is 5.16 Å². The fraction of sp³-hybridized carbons (Fsp3) is 0.296. The van der Waals surface area contributed by atoms with E-state index in [1.54, 1.807) is 30.1 Å². The Balaban J connectivity index is 1.39. The van der Waals surface area contributed by atoms with Gasteiger partial charge >= 0.3 is 0 Å². The van der Waals surface area contributed by atoms with Gasteiger partial charge in [-0.05, 0) is 45.8 Å². The van der Waals surface area contributed by atoms with Crippen LogP contribution < -0.4 is 5.32 Å². The maximum atomic E-state index is 12.7. The van der Waals surface area contributed by atoms with Gasteiger partial charge in [-0.2, -0.15) is 0 Å². The Morgan fingerprint density at radius 2 is 1.95 bits per heavy atom. The quantitative estimate of drug-likeness (QED) is 0.325. The number of aromatic nitrogens is 5. The second kappa shape index (κ2) is 11.8. The number of pyridine rings is 1. The molecule has 1 amide bonds. The van der Waals surface area contributed by atoms with E-state index in [4.69, 9.17) is 9.47 Å². The van der Waals surface area contributed by atoms with Crippen LogP contribution in [0, 0.1) is 5.92 Å². The van der Waals surface area contributed by atoms with E-state index in [0.717, 1.165) is 16.7 Å². The minimum atomic E-state index is -0.660. The van der Waals surface area contributed by atoms with Gasteiger partial charge in [-0.15, -0.1) is 5.10 Å². The molecule has 10 nitrogen and oxygen atoms in total. The molecule has 2 N–H and O–H groups in total. The van der Waals surface area contributed by atoms with Crippen molar-refractivity contribution >= 4 is 23.4 Å². The van der Waals surface area contributed by atoms with Crippen LogP contribution in [0.5, 0.6) is 0 Å². The Kier molecular flexibility index (Phi) is 8.08. The molecule has 2 aromatic carbocycles. The van der Waals surface area contributed by atoms with E-state index in [1.165, 1.54) is 18.0 Å². The van der Waals surface area contributed by atoms with E-state index in [-0.39, 0.29) is 30.6 Å². The summed E-state index contributed by atoms with van der Waals surface area (Å²) in [6, 6.07) is 18.7. The Morgan fingerprint density at radius 3 is 2.66 bits per heavy atom. The smallest absolute Gasteiger partial charge is 0.257 e. The van der Waals surface area contributed by atoms with Gasteiger partial charge in [0.1, 0.15) is 0 Å². The minimum absolute atomic E-state index is 0.0182. The maximum absolute atomic E-state index is 12.7. The van der Waals surface area contributed by atoms with E-state index in [9.17, 15) is 9.90 Å². The first-order chi connectivity index (χ1) is 18.5. The molecule has 5 rings (SSSR count). The first-order valence-corrected chi connectivity index (χ1v) is 13.2. The monoisotopic (exact) mass is 532 g/mol. The summed E-state index contributed by atoms with van der Waals surface area (Å²) in [4.78, 5) is 16.7. The summed E-state index contributed by atoms with van der Waals surface area (Å²) in [5.41, 5.74) is 3.72. The van der Waals surface area contributed by atoms with Crippen molar-refractivity contribution in [2.75, 3.05) is 11.1 Å². The van der Waals surface area contributed by atoms with Crippen LogP contribution in [-0.4, -0.2) is 48.1 Å². The molecule has 0 saturated carbocycles. The molecule has 0 bridgehead atoms. The number of anilines is 1. The number of thioether (sulfide) groups is 1. The van der Waals surface area contributed by atoms with Crippen molar-refractivity contribution in [1.82, 2.24) is 25.2 Å². The summed E-state index contributed by atoms with van der Waals surface area (Å²) in [5, 5.41) is 24.8. The number of aryl methyl sites for hydroxylation is 1. The number of amides is 1. The van der Waals surface area contributed by atoms with Crippen molar-refractivity contribution in [3.8, 4) is 0 Å². The van der Waals surface area contributed by atoms with Gasteiger partial charge < -0.3 is 19.9 Å². The van der Waals surface area contributed by atoms with Crippen LogP contribution in [0.2, 0.25) is 0 Å². The number of hydrogen-bond acceptors (Lipinski definition) is 9. The zero-order valence-electron chi connectivity index (χ0n) is 21.0. The molecule has 0 aliphatic carbocycles. The first-order valence-electron chi connectivity index (χ1n) is 12.2. The van der Waals surface area contributed by atoms with Gasteiger partial charge in [-0.1, -0.05) is 55.1 Å². The predicted molar refractivity (Wildman–Crippen MR) is 141 cm³/mol. The van der Waals surface area contributed by atoms with Gasteiger partial charge in [0.25, 0.3) is 5.91 Å². The molecule has 1 fully saturated rings. The molecule has 38 heavy (non-hydrogen) atoms. The fourth-order valence-corrected chi connectivity index (χ4v) is 5.29. The maximum Gasteiger partial charge on any atom is 0.257 e. The van der Waals surface area contributed by atoms with Gasteiger partial charge in [0.05, 0.1) is 24.4 Å². The number of tetrazole rings is 1. The SMILES string of the molecule is C[C@@H]1[C@H](CSc2nnnn2C)O[C@H](c2cccc(NC(=O)c3cccnc3)c2)O[C@@H]1c1ccc(CO)cc1. The molecular weight excluding hydrogens is 504 g/mol. The van der Waals surface area contributed by atoms with Crippen LogP contribution in [0.3, 0.4) is 0 Å².